The summed E-state index contributed by atoms with van der Waals surface area (Å²) in [5, 5.41) is 0. The molecule has 0 heterocycles. The van der Waals surface area contributed by atoms with Crippen LogP contribution in [0, 0.1) is 0 Å². The van der Waals surface area contributed by atoms with Crippen molar-refractivity contribution in [1.82, 2.24) is 0 Å². The van der Waals surface area contributed by atoms with E-state index in [1.165, 1.54) is 15.7 Å². The number of benzene rings is 1. The van der Waals surface area contributed by atoms with Gasteiger partial charge in [-0.25, -0.2) is 0 Å². The second-order valence-corrected chi connectivity index (χ2v) is 6.11. The lowest BCUT2D eigenvalue weighted by Gasteiger charge is -2.30. The zero-order valence-corrected chi connectivity index (χ0v) is 13.5. The van der Waals surface area contributed by atoms with Crippen LogP contribution in [0.15, 0.2) is 22.7 Å². The lowest BCUT2D eigenvalue weighted by molar-refractivity contribution is 0.669. The summed E-state index contributed by atoms with van der Waals surface area (Å²) in [6, 6.07) is 7.32. The summed E-state index contributed by atoms with van der Waals surface area (Å²) in [5.41, 5.74) is 8.41. The Labute approximate surface area is 120 Å². The zero-order chi connectivity index (χ0) is 13.7. The molecule has 18 heavy (non-hydrogen) atoms. The maximum atomic E-state index is 5.84. The van der Waals surface area contributed by atoms with Gasteiger partial charge >= 0.3 is 0 Å². The van der Waals surface area contributed by atoms with Gasteiger partial charge in [-0.05, 0) is 67.2 Å². The van der Waals surface area contributed by atoms with Gasteiger partial charge in [-0.1, -0.05) is 13.0 Å². The van der Waals surface area contributed by atoms with Gasteiger partial charge in [0.25, 0.3) is 0 Å². The molecule has 2 nitrogen and oxygen atoms in total. The molecule has 0 aliphatic rings. The fourth-order valence-electron chi connectivity index (χ4n) is 2.18. The number of rotatable bonds is 6. The van der Waals surface area contributed by atoms with Crippen LogP contribution < -0.4 is 10.6 Å². The van der Waals surface area contributed by atoms with Crippen LogP contribution in [0.5, 0.6) is 0 Å². The van der Waals surface area contributed by atoms with E-state index in [4.69, 9.17) is 5.73 Å². The maximum Gasteiger partial charge on any atom is 0.0513 e. The molecule has 1 aromatic rings. The Morgan fingerprint density at radius 2 is 1.94 bits per heavy atom. The second-order valence-electron chi connectivity index (χ2n) is 5.25. The van der Waals surface area contributed by atoms with Gasteiger partial charge in [0.2, 0.25) is 0 Å². The lowest BCUT2D eigenvalue weighted by atomic mass is 10.1. The van der Waals surface area contributed by atoms with Crippen molar-refractivity contribution in [2.75, 3.05) is 11.4 Å². The van der Waals surface area contributed by atoms with E-state index in [1.807, 2.05) is 6.92 Å². The summed E-state index contributed by atoms with van der Waals surface area (Å²) in [6.07, 6.45) is 2.08. The SMILES string of the molecule is CCCN(c1ccc(CC(C)N)cc1Br)C(C)C. The largest absolute Gasteiger partial charge is 0.368 e. The Kier molecular flexibility index (Phi) is 6.16. The molecule has 0 amide bonds. The first-order valence-electron chi connectivity index (χ1n) is 6.76. The van der Waals surface area contributed by atoms with E-state index < -0.39 is 0 Å². The van der Waals surface area contributed by atoms with Crippen molar-refractivity contribution in [3.63, 3.8) is 0 Å². The van der Waals surface area contributed by atoms with Gasteiger partial charge in [0.1, 0.15) is 0 Å². The van der Waals surface area contributed by atoms with Crippen molar-refractivity contribution in [2.24, 2.45) is 5.73 Å². The van der Waals surface area contributed by atoms with E-state index in [0.29, 0.717) is 6.04 Å². The second kappa shape index (κ2) is 7.15. The molecule has 1 aromatic carbocycles. The molecule has 2 N–H and O–H groups in total. The molecule has 0 aliphatic carbocycles. The predicted molar refractivity (Wildman–Crippen MR) is 84.3 cm³/mol. The molecule has 0 saturated carbocycles. The third kappa shape index (κ3) is 4.29. The normalized spacial score (nSPS) is 12.8. The molecule has 1 rings (SSSR count). The first-order chi connectivity index (χ1) is 8.45. The van der Waals surface area contributed by atoms with E-state index >= 15 is 0 Å². The van der Waals surface area contributed by atoms with Crippen LogP contribution in [0.1, 0.15) is 39.7 Å². The molecule has 0 spiro atoms. The summed E-state index contributed by atoms with van der Waals surface area (Å²) >= 11 is 3.69. The molecule has 1 unspecified atom stereocenters. The topological polar surface area (TPSA) is 29.3 Å². The van der Waals surface area contributed by atoms with Crippen molar-refractivity contribution in [3.05, 3.63) is 28.2 Å². The smallest absolute Gasteiger partial charge is 0.0513 e. The number of halogens is 1. The van der Waals surface area contributed by atoms with Gasteiger partial charge in [0.15, 0.2) is 0 Å². The lowest BCUT2D eigenvalue weighted by Crippen LogP contribution is -2.31. The van der Waals surface area contributed by atoms with Crippen LogP contribution in [0.4, 0.5) is 5.69 Å². The summed E-state index contributed by atoms with van der Waals surface area (Å²) in [6.45, 7) is 9.81. The van der Waals surface area contributed by atoms with Crippen molar-refractivity contribution >= 4 is 21.6 Å². The Hall–Kier alpha value is -0.540. The quantitative estimate of drug-likeness (QED) is 0.861. The van der Waals surface area contributed by atoms with E-state index in [2.05, 4.69) is 59.8 Å². The summed E-state index contributed by atoms with van der Waals surface area (Å²) in [4.78, 5) is 2.43. The van der Waals surface area contributed by atoms with Crippen LogP contribution in [0.2, 0.25) is 0 Å². The van der Waals surface area contributed by atoms with Crippen molar-refractivity contribution in [2.45, 2.75) is 52.6 Å². The highest BCUT2D eigenvalue weighted by molar-refractivity contribution is 9.10. The molecule has 0 saturated heterocycles. The maximum absolute atomic E-state index is 5.84. The van der Waals surface area contributed by atoms with Gasteiger partial charge in [-0.2, -0.15) is 0 Å². The fraction of sp³-hybridized carbons (Fsp3) is 0.600. The Morgan fingerprint density at radius 1 is 1.28 bits per heavy atom. The van der Waals surface area contributed by atoms with Crippen LogP contribution >= 0.6 is 15.9 Å². The van der Waals surface area contributed by atoms with Crippen molar-refractivity contribution in [1.29, 1.82) is 0 Å². The predicted octanol–water partition coefficient (Wildman–Crippen LogP) is 3.96. The molecule has 0 aromatic heterocycles. The van der Waals surface area contributed by atoms with Crippen molar-refractivity contribution < 1.29 is 0 Å². The van der Waals surface area contributed by atoms with Gasteiger partial charge in [0, 0.05) is 23.1 Å². The molecule has 0 aliphatic heterocycles. The summed E-state index contributed by atoms with van der Waals surface area (Å²) in [5.74, 6) is 0. The Bertz CT molecular complexity index is 375. The standard InChI is InChI=1S/C15H25BrN2/c1-5-8-18(11(2)3)15-7-6-13(9-12(4)17)10-14(15)16/h6-7,10-12H,5,8-9,17H2,1-4H3. The average Bonchev–Trinajstić information content (AvgIpc) is 2.25. The van der Waals surface area contributed by atoms with Crippen LogP contribution in [-0.2, 0) is 6.42 Å². The van der Waals surface area contributed by atoms with Crippen molar-refractivity contribution in [3.8, 4) is 0 Å². The number of hydrogen-bond acceptors (Lipinski definition) is 2. The summed E-state index contributed by atoms with van der Waals surface area (Å²) < 4.78 is 1.17. The minimum Gasteiger partial charge on any atom is -0.368 e. The molecule has 1 atom stereocenters. The minimum atomic E-state index is 0.208. The third-order valence-corrected chi connectivity index (χ3v) is 3.60. The molecular formula is C15H25BrN2. The molecule has 102 valence electrons. The van der Waals surface area contributed by atoms with Gasteiger partial charge in [0.05, 0.1) is 5.69 Å². The molecule has 0 bridgehead atoms. The number of anilines is 1. The van der Waals surface area contributed by atoms with Crippen LogP contribution in [-0.4, -0.2) is 18.6 Å². The number of hydrogen-bond donors (Lipinski definition) is 1. The Morgan fingerprint density at radius 3 is 2.39 bits per heavy atom. The molecule has 0 fully saturated rings. The zero-order valence-electron chi connectivity index (χ0n) is 11.9. The highest BCUT2D eigenvalue weighted by Gasteiger charge is 2.13. The van der Waals surface area contributed by atoms with E-state index in [1.54, 1.807) is 0 Å². The van der Waals surface area contributed by atoms with Crippen LogP contribution in [0.3, 0.4) is 0 Å². The minimum absolute atomic E-state index is 0.208. The third-order valence-electron chi connectivity index (χ3n) is 2.97. The Balaban J connectivity index is 2.95. The highest BCUT2D eigenvalue weighted by atomic mass is 79.9. The highest BCUT2D eigenvalue weighted by Crippen LogP contribution is 2.29. The van der Waals surface area contributed by atoms with Crippen LogP contribution in [0.25, 0.3) is 0 Å². The average molecular weight is 313 g/mol. The van der Waals surface area contributed by atoms with E-state index in [9.17, 15) is 0 Å². The molecule has 0 radical (unpaired) electrons. The first-order valence-corrected chi connectivity index (χ1v) is 7.55. The number of nitrogens with zero attached hydrogens (tertiary/aromatic N) is 1. The van der Waals surface area contributed by atoms with Gasteiger partial charge < -0.3 is 10.6 Å². The van der Waals surface area contributed by atoms with E-state index in [-0.39, 0.29) is 6.04 Å². The van der Waals surface area contributed by atoms with Gasteiger partial charge in [-0.15, -0.1) is 0 Å². The van der Waals surface area contributed by atoms with Gasteiger partial charge in [-0.3, -0.25) is 0 Å². The molecular weight excluding hydrogens is 288 g/mol. The molecule has 3 heteroatoms. The summed E-state index contributed by atoms with van der Waals surface area (Å²) in [7, 11) is 0. The first kappa shape index (κ1) is 15.5. The number of nitrogens with two attached hydrogens (primary N) is 1. The monoisotopic (exact) mass is 312 g/mol. The van der Waals surface area contributed by atoms with E-state index in [0.717, 1.165) is 19.4 Å². The fourth-order valence-corrected chi connectivity index (χ4v) is 2.83.